The predicted molar refractivity (Wildman–Crippen MR) is 79.7 cm³/mol. The van der Waals surface area contributed by atoms with E-state index in [4.69, 9.17) is 4.74 Å². The lowest BCUT2D eigenvalue weighted by atomic mass is 10.1. The summed E-state index contributed by atoms with van der Waals surface area (Å²) in [6.45, 7) is 5.96. The Bertz CT molecular complexity index is 528. The van der Waals surface area contributed by atoms with Crippen LogP contribution in [0.1, 0.15) is 25.1 Å². The monoisotopic (exact) mass is 291 g/mol. The number of likely N-dealkylation sites (tertiary alicyclic amines) is 1. The van der Waals surface area contributed by atoms with Crippen LogP contribution in [0.2, 0.25) is 0 Å². The largest absolute Gasteiger partial charge is 0.476 e. The molecule has 1 aromatic rings. The zero-order chi connectivity index (χ0) is 14.7. The molecule has 0 saturated carbocycles. The van der Waals surface area contributed by atoms with Crippen molar-refractivity contribution >= 4 is 17.5 Å². The van der Waals surface area contributed by atoms with Crippen molar-refractivity contribution in [3.05, 3.63) is 5.82 Å². The van der Waals surface area contributed by atoms with E-state index < -0.39 is 0 Å². The van der Waals surface area contributed by atoms with Crippen LogP contribution in [-0.2, 0) is 4.79 Å². The number of carbonyl (C=O) groups excluding carboxylic acids is 1. The Morgan fingerprint density at radius 1 is 1.29 bits per heavy atom. The van der Waals surface area contributed by atoms with Gasteiger partial charge in [-0.15, -0.1) is 0 Å². The predicted octanol–water partition coefficient (Wildman–Crippen LogP) is 1.01. The standard InChI is InChI=1S/C14H21N5O2/c1-10-16-13(12-14(17-10)18-11(20)9-21-12)15-5-8-19-6-3-2-4-7-19/h2-9H2,1H3,(H2,15,16,17,18,20). The van der Waals surface area contributed by atoms with Crippen molar-refractivity contribution in [2.24, 2.45) is 0 Å². The number of carbonyl (C=O) groups is 1. The van der Waals surface area contributed by atoms with E-state index in [-0.39, 0.29) is 12.5 Å². The summed E-state index contributed by atoms with van der Waals surface area (Å²) in [5.41, 5.74) is 0. The minimum Gasteiger partial charge on any atom is -0.476 e. The Balaban J connectivity index is 1.63. The van der Waals surface area contributed by atoms with E-state index in [1.54, 1.807) is 6.92 Å². The molecule has 0 aliphatic carbocycles. The molecule has 1 saturated heterocycles. The summed E-state index contributed by atoms with van der Waals surface area (Å²) < 4.78 is 5.45. The fourth-order valence-corrected chi connectivity index (χ4v) is 2.72. The fraction of sp³-hybridized carbons (Fsp3) is 0.643. The van der Waals surface area contributed by atoms with Gasteiger partial charge in [-0.1, -0.05) is 6.42 Å². The Labute approximate surface area is 124 Å². The van der Waals surface area contributed by atoms with Gasteiger partial charge in [0.25, 0.3) is 5.91 Å². The van der Waals surface area contributed by atoms with Gasteiger partial charge < -0.3 is 20.3 Å². The Morgan fingerprint density at radius 2 is 2.10 bits per heavy atom. The Hall–Kier alpha value is -1.89. The van der Waals surface area contributed by atoms with Crippen LogP contribution in [0.4, 0.5) is 11.6 Å². The summed E-state index contributed by atoms with van der Waals surface area (Å²) in [6.07, 6.45) is 3.92. The number of nitrogens with one attached hydrogen (secondary N) is 2. The van der Waals surface area contributed by atoms with Crippen LogP contribution in [0, 0.1) is 6.92 Å². The molecule has 2 aliphatic rings. The van der Waals surface area contributed by atoms with E-state index >= 15 is 0 Å². The number of rotatable bonds is 4. The lowest BCUT2D eigenvalue weighted by Gasteiger charge is -2.26. The molecule has 3 rings (SSSR count). The summed E-state index contributed by atoms with van der Waals surface area (Å²) in [5.74, 6) is 2.09. The summed E-state index contributed by atoms with van der Waals surface area (Å²) in [5, 5.41) is 6.02. The third-order valence-electron chi connectivity index (χ3n) is 3.75. The fourth-order valence-electron chi connectivity index (χ4n) is 2.72. The molecule has 0 bridgehead atoms. The third-order valence-corrected chi connectivity index (χ3v) is 3.75. The van der Waals surface area contributed by atoms with Gasteiger partial charge in [-0.25, -0.2) is 9.97 Å². The second kappa shape index (κ2) is 6.26. The van der Waals surface area contributed by atoms with Gasteiger partial charge in [0.05, 0.1) is 0 Å². The molecule has 0 unspecified atom stereocenters. The number of nitrogens with zero attached hydrogens (tertiary/aromatic N) is 3. The number of piperidine rings is 1. The molecule has 0 spiro atoms. The second-order valence-electron chi connectivity index (χ2n) is 5.46. The highest BCUT2D eigenvalue weighted by Gasteiger charge is 2.22. The van der Waals surface area contributed by atoms with Gasteiger partial charge in [0, 0.05) is 13.1 Å². The first-order valence-corrected chi connectivity index (χ1v) is 7.50. The van der Waals surface area contributed by atoms with E-state index in [0.29, 0.717) is 23.2 Å². The first-order valence-electron chi connectivity index (χ1n) is 7.50. The van der Waals surface area contributed by atoms with Crippen LogP contribution in [0.15, 0.2) is 0 Å². The summed E-state index contributed by atoms with van der Waals surface area (Å²) >= 11 is 0. The van der Waals surface area contributed by atoms with Crippen LogP contribution in [-0.4, -0.2) is 53.6 Å². The number of hydrogen-bond acceptors (Lipinski definition) is 6. The number of amides is 1. The zero-order valence-corrected chi connectivity index (χ0v) is 12.3. The van der Waals surface area contributed by atoms with Gasteiger partial charge >= 0.3 is 0 Å². The van der Waals surface area contributed by atoms with Crippen LogP contribution in [0.3, 0.4) is 0 Å². The van der Waals surface area contributed by atoms with Crippen molar-refractivity contribution in [3.63, 3.8) is 0 Å². The number of anilines is 2. The SMILES string of the molecule is Cc1nc(NCCN2CCCCC2)c2c(n1)NC(=O)CO2. The van der Waals surface area contributed by atoms with E-state index in [1.807, 2.05) is 0 Å². The van der Waals surface area contributed by atoms with Crippen molar-refractivity contribution in [1.29, 1.82) is 0 Å². The Morgan fingerprint density at radius 3 is 2.90 bits per heavy atom. The number of aromatic nitrogens is 2. The molecular formula is C14H21N5O2. The average Bonchev–Trinajstić information content (AvgIpc) is 2.47. The normalized spacial score (nSPS) is 18.6. The molecule has 0 radical (unpaired) electrons. The van der Waals surface area contributed by atoms with Gasteiger partial charge in [0.2, 0.25) is 5.75 Å². The van der Waals surface area contributed by atoms with Crippen molar-refractivity contribution in [2.45, 2.75) is 26.2 Å². The quantitative estimate of drug-likeness (QED) is 0.862. The van der Waals surface area contributed by atoms with Crippen LogP contribution < -0.4 is 15.4 Å². The van der Waals surface area contributed by atoms with Crippen molar-refractivity contribution in [1.82, 2.24) is 14.9 Å². The number of hydrogen-bond donors (Lipinski definition) is 2. The lowest BCUT2D eigenvalue weighted by molar-refractivity contribution is -0.118. The molecule has 1 amide bonds. The molecule has 7 heteroatoms. The molecule has 1 aromatic heterocycles. The number of aryl methyl sites for hydroxylation is 1. The second-order valence-corrected chi connectivity index (χ2v) is 5.46. The molecule has 21 heavy (non-hydrogen) atoms. The van der Waals surface area contributed by atoms with Gasteiger partial charge in [-0.2, -0.15) is 0 Å². The molecule has 0 atom stereocenters. The van der Waals surface area contributed by atoms with Crippen molar-refractivity contribution in [3.8, 4) is 5.75 Å². The van der Waals surface area contributed by atoms with Crippen molar-refractivity contribution < 1.29 is 9.53 Å². The third kappa shape index (κ3) is 3.41. The molecule has 1 fully saturated rings. The van der Waals surface area contributed by atoms with Crippen LogP contribution in [0.5, 0.6) is 5.75 Å². The molecule has 2 N–H and O–H groups in total. The summed E-state index contributed by atoms with van der Waals surface area (Å²) in [7, 11) is 0. The molecule has 114 valence electrons. The van der Waals surface area contributed by atoms with Gasteiger partial charge in [-0.05, 0) is 32.9 Å². The molecule has 3 heterocycles. The minimum atomic E-state index is -0.181. The van der Waals surface area contributed by atoms with E-state index in [2.05, 4.69) is 25.5 Å². The van der Waals surface area contributed by atoms with Crippen LogP contribution >= 0.6 is 0 Å². The highest BCUT2D eigenvalue weighted by Crippen LogP contribution is 2.32. The summed E-state index contributed by atoms with van der Waals surface area (Å²) in [4.78, 5) is 22.4. The van der Waals surface area contributed by atoms with Crippen LogP contribution in [0.25, 0.3) is 0 Å². The average molecular weight is 291 g/mol. The van der Waals surface area contributed by atoms with E-state index in [9.17, 15) is 4.79 Å². The van der Waals surface area contributed by atoms with Gasteiger partial charge in [-0.3, -0.25) is 4.79 Å². The van der Waals surface area contributed by atoms with E-state index in [1.165, 1.54) is 32.4 Å². The smallest absolute Gasteiger partial charge is 0.263 e. The minimum absolute atomic E-state index is 0.0141. The lowest BCUT2D eigenvalue weighted by Crippen LogP contribution is -2.34. The molecular weight excluding hydrogens is 270 g/mol. The maximum Gasteiger partial charge on any atom is 0.263 e. The van der Waals surface area contributed by atoms with E-state index in [0.717, 1.165) is 13.1 Å². The molecule has 7 nitrogen and oxygen atoms in total. The Kier molecular flexibility index (Phi) is 4.19. The maximum absolute atomic E-state index is 11.3. The molecule has 2 aliphatic heterocycles. The van der Waals surface area contributed by atoms with Gasteiger partial charge in [0.1, 0.15) is 5.82 Å². The van der Waals surface area contributed by atoms with Crippen molar-refractivity contribution in [2.75, 3.05) is 43.4 Å². The molecule has 0 aromatic carbocycles. The summed E-state index contributed by atoms with van der Waals surface area (Å²) in [6, 6.07) is 0. The first kappa shape index (κ1) is 14.1. The number of fused-ring (bicyclic) bond motifs is 1. The topological polar surface area (TPSA) is 79.4 Å². The van der Waals surface area contributed by atoms with Gasteiger partial charge in [0.15, 0.2) is 18.2 Å². The zero-order valence-electron chi connectivity index (χ0n) is 12.3. The number of ether oxygens (including phenoxy) is 1. The maximum atomic E-state index is 11.3. The first-order chi connectivity index (χ1) is 10.2. The highest BCUT2D eigenvalue weighted by molar-refractivity contribution is 5.95. The highest BCUT2D eigenvalue weighted by atomic mass is 16.5.